The lowest BCUT2D eigenvalue weighted by atomic mass is 10.00. The minimum Gasteiger partial charge on any atom is -0.339 e. The number of aromatic nitrogens is 2. The first-order valence-corrected chi connectivity index (χ1v) is 9.42. The van der Waals surface area contributed by atoms with Crippen molar-refractivity contribution in [2.24, 2.45) is 14.1 Å². The molecular formula is C25H23N2+. The van der Waals surface area contributed by atoms with Gasteiger partial charge in [-0.3, -0.25) is 0 Å². The van der Waals surface area contributed by atoms with Crippen molar-refractivity contribution in [3.05, 3.63) is 78.0 Å². The zero-order valence-corrected chi connectivity index (χ0v) is 16.2. The molecule has 0 fully saturated rings. The first-order valence-electron chi connectivity index (χ1n) is 9.42. The molecule has 5 rings (SSSR count). The van der Waals surface area contributed by atoms with Crippen LogP contribution in [0.3, 0.4) is 0 Å². The fourth-order valence-electron chi connectivity index (χ4n) is 4.42. The lowest BCUT2D eigenvalue weighted by molar-refractivity contribution is -0.659. The van der Waals surface area contributed by atoms with Crippen molar-refractivity contribution in [2.45, 2.75) is 13.8 Å². The molecule has 0 unspecified atom stereocenters. The Bertz CT molecular complexity index is 1360. The summed E-state index contributed by atoms with van der Waals surface area (Å²) in [5.74, 6) is 0. The van der Waals surface area contributed by atoms with E-state index in [1.807, 2.05) is 0 Å². The van der Waals surface area contributed by atoms with Crippen LogP contribution in [-0.2, 0) is 14.1 Å². The van der Waals surface area contributed by atoms with Crippen LogP contribution in [-0.4, -0.2) is 4.57 Å². The van der Waals surface area contributed by atoms with Crippen molar-refractivity contribution in [1.29, 1.82) is 0 Å². The summed E-state index contributed by atoms with van der Waals surface area (Å²) in [5, 5.41) is 5.27. The van der Waals surface area contributed by atoms with Crippen LogP contribution in [0.25, 0.3) is 43.8 Å². The molecule has 2 nitrogen and oxygen atoms in total. The van der Waals surface area contributed by atoms with E-state index in [1.54, 1.807) is 0 Å². The molecular weight excluding hydrogens is 328 g/mol. The molecule has 0 atom stereocenters. The molecule has 0 aliphatic carbocycles. The van der Waals surface area contributed by atoms with Gasteiger partial charge in [-0.15, -0.1) is 0 Å². The van der Waals surface area contributed by atoms with Crippen LogP contribution in [0, 0.1) is 13.8 Å². The summed E-state index contributed by atoms with van der Waals surface area (Å²) in [6.45, 7) is 4.35. The molecule has 27 heavy (non-hydrogen) atoms. The van der Waals surface area contributed by atoms with Crippen molar-refractivity contribution in [2.75, 3.05) is 0 Å². The maximum Gasteiger partial charge on any atom is 0.213 e. The van der Waals surface area contributed by atoms with E-state index >= 15 is 0 Å². The number of aryl methyl sites for hydroxylation is 4. The summed E-state index contributed by atoms with van der Waals surface area (Å²) < 4.78 is 4.56. The number of rotatable bonds is 1. The number of fused-ring (bicyclic) bond motifs is 5. The van der Waals surface area contributed by atoms with Gasteiger partial charge in [-0.25, -0.2) is 0 Å². The molecule has 2 heteroatoms. The van der Waals surface area contributed by atoms with Gasteiger partial charge < -0.3 is 4.57 Å². The second-order valence-corrected chi connectivity index (χ2v) is 7.63. The van der Waals surface area contributed by atoms with Gasteiger partial charge in [0.1, 0.15) is 12.6 Å². The minimum atomic E-state index is 1.25. The Morgan fingerprint density at radius 2 is 1.63 bits per heavy atom. The highest BCUT2D eigenvalue weighted by Gasteiger charge is 2.19. The topological polar surface area (TPSA) is 8.81 Å². The molecule has 0 spiro atoms. The average Bonchev–Trinajstić information content (AvgIpc) is 2.94. The average molecular weight is 351 g/mol. The Hall–Kier alpha value is -3.13. The summed E-state index contributed by atoms with van der Waals surface area (Å²) in [7, 11) is 4.31. The van der Waals surface area contributed by atoms with Crippen LogP contribution in [0.15, 0.2) is 66.9 Å². The predicted octanol–water partition coefficient (Wildman–Crippen LogP) is 5.59. The van der Waals surface area contributed by atoms with E-state index in [9.17, 15) is 0 Å². The number of nitrogens with zero attached hydrogens (tertiary/aromatic N) is 2. The Labute approximate surface area is 159 Å². The highest BCUT2D eigenvalue weighted by atomic mass is 15.0. The van der Waals surface area contributed by atoms with Crippen LogP contribution < -0.4 is 4.57 Å². The number of benzene rings is 3. The number of pyridine rings is 1. The molecule has 5 aromatic rings. The summed E-state index contributed by atoms with van der Waals surface area (Å²) in [6, 6.07) is 22.2. The van der Waals surface area contributed by atoms with Gasteiger partial charge in [-0.05, 0) is 42.3 Å². The maximum atomic E-state index is 2.36. The Kier molecular flexibility index (Phi) is 3.38. The number of hydrogen-bond donors (Lipinski definition) is 0. The fourth-order valence-corrected chi connectivity index (χ4v) is 4.42. The molecule has 0 aliphatic heterocycles. The maximum absolute atomic E-state index is 2.36. The molecule has 0 saturated heterocycles. The van der Waals surface area contributed by atoms with Gasteiger partial charge >= 0.3 is 0 Å². The number of hydrogen-bond acceptors (Lipinski definition) is 0. The van der Waals surface area contributed by atoms with Gasteiger partial charge in [0.2, 0.25) is 5.69 Å². The normalized spacial score (nSPS) is 11.7. The van der Waals surface area contributed by atoms with Crippen LogP contribution in [0.5, 0.6) is 0 Å². The van der Waals surface area contributed by atoms with E-state index in [2.05, 4.69) is 104 Å². The molecule has 0 aliphatic rings. The molecule has 2 heterocycles. The van der Waals surface area contributed by atoms with Crippen molar-refractivity contribution in [3.63, 3.8) is 0 Å². The molecule has 0 saturated carbocycles. The lowest BCUT2D eigenvalue weighted by Gasteiger charge is -2.06. The van der Waals surface area contributed by atoms with Crippen LogP contribution in [0.2, 0.25) is 0 Å². The zero-order chi connectivity index (χ0) is 18.7. The van der Waals surface area contributed by atoms with Gasteiger partial charge in [-0.1, -0.05) is 48.0 Å². The van der Waals surface area contributed by atoms with E-state index in [0.29, 0.717) is 0 Å². The third-order valence-corrected chi connectivity index (χ3v) is 5.81. The second kappa shape index (κ2) is 5.68. The van der Waals surface area contributed by atoms with Gasteiger partial charge in [0.15, 0.2) is 6.20 Å². The standard InChI is InChI=1S/C25H23N2/c1-16-9-11-19(17(2)13-16)23-14-21-24(15-26(23)3)27(4)22-12-10-18-7-5-6-8-20(18)25(21)22/h5-15H,1-4H3/q+1. The first-order chi connectivity index (χ1) is 13.0. The Morgan fingerprint density at radius 3 is 2.44 bits per heavy atom. The van der Waals surface area contributed by atoms with Gasteiger partial charge in [0.25, 0.3) is 0 Å². The molecule has 0 radical (unpaired) electrons. The van der Waals surface area contributed by atoms with E-state index < -0.39 is 0 Å². The molecule has 0 bridgehead atoms. The summed E-state index contributed by atoms with van der Waals surface area (Å²) in [4.78, 5) is 0. The zero-order valence-electron chi connectivity index (χ0n) is 16.2. The highest BCUT2D eigenvalue weighted by Crippen LogP contribution is 2.35. The van der Waals surface area contributed by atoms with Crippen molar-refractivity contribution < 1.29 is 4.57 Å². The van der Waals surface area contributed by atoms with Gasteiger partial charge in [0, 0.05) is 35.0 Å². The van der Waals surface area contributed by atoms with Crippen LogP contribution >= 0.6 is 0 Å². The highest BCUT2D eigenvalue weighted by molar-refractivity contribution is 6.20. The summed E-state index contributed by atoms with van der Waals surface area (Å²) in [5.41, 5.74) is 7.70. The monoisotopic (exact) mass is 351 g/mol. The SMILES string of the molecule is Cc1ccc(-c2cc3c4c5ccccc5ccc4n(C)c3c[n+]2C)c(C)c1. The van der Waals surface area contributed by atoms with E-state index in [1.165, 1.54) is 55.0 Å². The third-order valence-electron chi connectivity index (χ3n) is 5.81. The summed E-state index contributed by atoms with van der Waals surface area (Å²) in [6.07, 6.45) is 2.26. The largest absolute Gasteiger partial charge is 0.339 e. The fraction of sp³-hybridized carbons (Fsp3) is 0.160. The first kappa shape index (κ1) is 16.1. The summed E-state index contributed by atoms with van der Waals surface area (Å²) >= 11 is 0. The van der Waals surface area contributed by atoms with Crippen molar-refractivity contribution in [3.8, 4) is 11.3 Å². The van der Waals surface area contributed by atoms with E-state index in [0.717, 1.165) is 0 Å². The molecule has 3 aromatic carbocycles. The molecule has 2 aromatic heterocycles. The van der Waals surface area contributed by atoms with E-state index in [-0.39, 0.29) is 0 Å². The minimum absolute atomic E-state index is 1.25. The second-order valence-electron chi connectivity index (χ2n) is 7.63. The smallest absolute Gasteiger partial charge is 0.213 e. The van der Waals surface area contributed by atoms with Crippen molar-refractivity contribution in [1.82, 2.24) is 4.57 Å². The quantitative estimate of drug-likeness (QED) is 0.348. The Balaban J connectivity index is 1.94. The molecule has 0 N–H and O–H groups in total. The predicted molar refractivity (Wildman–Crippen MR) is 114 cm³/mol. The van der Waals surface area contributed by atoms with Crippen LogP contribution in [0.1, 0.15) is 11.1 Å². The van der Waals surface area contributed by atoms with Crippen molar-refractivity contribution >= 4 is 32.6 Å². The lowest BCUT2D eigenvalue weighted by Crippen LogP contribution is -2.30. The van der Waals surface area contributed by atoms with Gasteiger partial charge in [0.05, 0.1) is 0 Å². The third kappa shape index (κ3) is 2.30. The van der Waals surface area contributed by atoms with Gasteiger partial charge in [-0.2, -0.15) is 4.57 Å². The Morgan fingerprint density at radius 1 is 0.815 bits per heavy atom. The van der Waals surface area contributed by atoms with Crippen LogP contribution in [0.4, 0.5) is 0 Å². The van der Waals surface area contributed by atoms with E-state index in [4.69, 9.17) is 0 Å². The molecule has 0 amide bonds. The molecule has 132 valence electrons.